The van der Waals surface area contributed by atoms with Crippen LogP contribution >= 0.6 is 0 Å². The Bertz CT molecular complexity index is 319. The van der Waals surface area contributed by atoms with Crippen LogP contribution in [0.15, 0.2) is 18.5 Å². The molecule has 1 unspecified atom stereocenters. The second-order valence-corrected chi connectivity index (χ2v) is 3.34. The van der Waals surface area contributed by atoms with Gasteiger partial charge in [0.1, 0.15) is 0 Å². The molecule has 2 rings (SSSR count). The van der Waals surface area contributed by atoms with Crippen LogP contribution in [0.4, 0.5) is 0 Å². The monoisotopic (exact) mass is 161 g/mol. The Kier molecular flexibility index (Phi) is 1.68. The van der Waals surface area contributed by atoms with Gasteiger partial charge >= 0.3 is 0 Å². The molecule has 0 aromatic carbocycles. The number of hydrogen-bond donors (Lipinski definition) is 0. The van der Waals surface area contributed by atoms with E-state index in [9.17, 15) is 4.79 Å². The fraction of sp³-hybridized carbons (Fsp3) is 0.400. The molecule has 0 bridgehead atoms. The molecule has 0 radical (unpaired) electrons. The molecule has 1 atom stereocenters. The highest BCUT2D eigenvalue weighted by molar-refractivity contribution is 5.99. The molecule has 0 saturated carbocycles. The molecule has 1 aliphatic rings. The van der Waals surface area contributed by atoms with Crippen molar-refractivity contribution in [3.8, 4) is 0 Å². The number of Topliss-reactive ketones (excluding diaryl/α,β-unsaturated/α-hetero) is 1. The van der Waals surface area contributed by atoms with Crippen LogP contribution < -0.4 is 0 Å². The minimum absolute atomic E-state index is 0.194. The van der Waals surface area contributed by atoms with Gasteiger partial charge in [0.05, 0.1) is 0 Å². The Morgan fingerprint density at radius 2 is 2.42 bits per heavy atom. The van der Waals surface area contributed by atoms with Gasteiger partial charge in [0, 0.05) is 23.9 Å². The lowest BCUT2D eigenvalue weighted by molar-refractivity contribution is 0.0913. The molecule has 2 nitrogen and oxygen atoms in total. The van der Waals surface area contributed by atoms with Crippen LogP contribution in [0.25, 0.3) is 0 Å². The zero-order valence-electron chi connectivity index (χ0n) is 7.08. The number of fused-ring (bicyclic) bond motifs is 1. The van der Waals surface area contributed by atoms with Crippen LogP contribution in [0.3, 0.4) is 0 Å². The SMILES string of the molecule is CC1CCc2cnccc2C1=O. The molecule has 0 amide bonds. The molecular formula is C10H11NO. The van der Waals surface area contributed by atoms with Gasteiger partial charge in [-0.2, -0.15) is 0 Å². The lowest BCUT2D eigenvalue weighted by Gasteiger charge is -2.18. The number of hydrogen-bond acceptors (Lipinski definition) is 2. The molecule has 0 spiro atoms. The Morgan fingerprint density at radius 1 is 1.58 bits per heavy atom. The summed E-state index contributed by atoms with van der Waals surface area (Å²) < 4.78 is 0. The second kappa shape index (κ2) is 2.70. The van der Waals surface area contributed by atoms with Crippen molar-refractivity contribution in [1.82, 2.24) is 4.98 Å². The zero-order chi connectivity index (χ0) is 8.55. The summed E-state index contributed by atoms with van der Waals surface area (Å²) in [5.74, 6) is 0.471. The van der Waals surface area contributed by atoms with Crippen LogP contribution in [-0.2, 0) is 6.42 Å². The molecule has 1 aliphatic carbocycles. The van der Waals surface area contributed by atoms with Crippen molar-refractivity contribution in [1.29, 1.82) is 0 Å². The number of aryl methyl sites for hydroxylation is 1. The number of rotatable bonds is 0. The summed E-state index contributed by atoms with van der Waals surface area (Å²) in [6.45, 7) is 1.99. The van der Waals surface area contributed by atoms with E-state index in [0.29, 0.717) is 0 Å². The average molecular weight is 161 g/mol. The largest absolute Gasteiger partial charge is 0.294 e. The molecule has 2 heteroatoms. The quantitative estimate of drug-likeness (QED) is 0.581. The van der Waals surface area contributed by atoms with Gasteiger partial charge in [-0.25, -0.2) is 0 Å². The molecule has 62 valence electrons. The molecule has 12 heavy (non-hydrogen) atoms. The number of carbonyl (C=O) groups excluding carboxylic acids is 1. The highest BCUT2D eigenvalue weighted by atomic mass is 16.1. The van der Waals surface area contributed by atoms with Crippen LogP contribution in [0.1, 0.15) is 29.3 Å². The summed E-state index contributed by atoms with van der Waals surface area (Å²) in [6, 6.07) is 1.83. The topological polar surface area (TPSA) is 30.0 Å². The third-order valence-electron chi connectivity index (χ3n) is 2.46. The van der Waals surface area contributed by atoms with Crippen molar-refractivity contribution >= 4 is 5.78 Å². The Hall–Kier alpha value is -1.18. The van der Waals surface area contributed by atoms with Crippen molar-refractivity contribution in [2.45, 2.75) is 19.8 Å². The normalized spacial score (nSPS) is 22.1. The van der Waals surface area contributed by atoms with Gasteiger partial charge in [-0.05, 0) is 24.5 Å². The van der Waals surface area contributed by atoms with Crippen molar-refractivity contribution in [3.63, 3.8) is 0 Å². The molecule has 0 aliphatic heterocycles. The molecule has 0 N–H and O–H groups in total. The number of aromatic nitrogens is 1. The summed E-state index contributed by atoms with van der Waals surface area (Å²) in [7, 11) is 0. The van der Waals surface area contributed by atoms with Gasteiger partial charge in [0.2, 0.25) is 0 Å². The number of ketones is 1. The molecular weight excluding hydrogens is 150 g/mol. The lowest BCUT2D eigenvalue weighted by Crippen LogP contribution is -2.19. The van der Waals surface area contributed by atoms with Crippen molar-refractivity contribution in [2.75, 3.05) is 0 Å². The Morgan fingerprint density at radius 3 is 3.25 bits per heavy atom. The van der Waals surface area contributed by atoms with E-state index in [4.69, 9.17) is 0 Å². The number of carbonyl (C=O) groups is 1. The van der Waals surface area contributed by atoms with Gasteiger partial charge in [0.15, 0.2) is 5.78 Å². The first-order valence-electron chi connectivity index (χ1n) is 4.26. The van der Waals surface area contributed by atoms with Gasteiger partial charge in [-0.15, -0.1) is 0 Å². The second-order valence-electron chi connectivity index (χ2n) is 3.34. The fourth-order valence-corrected chi connectivity index (χ4v) is 1.64. The summed E-state index contributed by atoms with van der Waals surface area (Å²) in [4.78, 5) is 15.6. The van der Waals surface area contributed by atoms with E-state index < -0.39 is 0 Å². The van der Waals surface area contributed by atoms with E-state index in [1.807, 2.05) is 13.0 Å². The third kappa shape index (κ3) is 1.04. The Balaban J connectivity index is 2.49. The van der Waals surface area contributed by atoms with Crippen LogP contribution in [-0.4, -0.2) is 10.8 Å². The smallest absolute Gasteiger partial charge is 0.166 e. The molecule has 1 heterocycles. The standard InChI is InChI=1S/C10H11NO/c1-7-2-3-8-6-11-5-4-9(8)10(7)12/h4-7H,2-3H2,1H3. The van der Waals surface area contributed by atoms with Crippen LogP contribution in [0.5, 0.6) is 0 Å². The summed E-state index contributed by atoms with van der Waals surface area (Å²) >= 11 is 0. The Labute approximate surface area is 71.6 Å². The van der Waals surface area contributed by atoms with Gasteiger partial charge in [0.25, 0.3) is 0 Å². The first-order valence-corrected chi connectivity index (χ1v) is 4.26. The molecule has 0 saturated heterocycles. The van der Waals surface area contributed by atoms with Crippen molar-refractivity contribution in [2.24, 2.45) is 5.92 Å². The van der Waals surface area contributed by atoms with E-state index in [0.717, 1.165) is 24.0 Å². The molecule has 1 aromatic heterocycles. The number of nitrogens with zero attached hydrogens (tertiary/aromatic N) is 1. The summed E-state index contributed by atoms with van der Waals surface area (Å²) in [5, 5.41) is 0. The molecule has 0 fully saturated rings. The minimum Gasteiger partial charge on any atom is -0.294 e. The predicted molar refractivity (Wildman–Crippen MR) is 46.1 cm³/mol. The fourth-order valence-electron chi connectivity index (χ4n) is 1.64. The van der Waals surface area contributed by atoms with Crippen LogP contribution in [0, 0.1) is 5.92 Å². The number of pyridine rings is 1. The lowest BCUT2D eigenvalue weighted by atomic mass is 9.85. The maximum atomic E-state index is 11.6. The third-order valence-corrected chi connectivity index (χ3v) is 2.46. The highest BCUT2D eigenvalue weighted by Gasteiger charge is 2.23. The van der Waals surface area contributed by atoms with E-state index in [1.165, 1.54) is 0 Å². The summed E-state index contributed by atoms with van der Waals surface area (Å²) in [5.41, 5.74) is 1.99. The zero-order valence-corrected chi connectivity index (χ0v) is 7.08. The van der Waals surface area contributed by atoms with Crippen molar-refractivity contribution in [3.05, 3.63) is 29.6 Å². The predicted octanol–water partition coefficient (Wildman–Crippen LogP) is 1.85. The first kappa shape index (κ1) is 7.47. The first-order chi connectivity index (χ1) is 5.79. The summed E-state index contributed by atoms with van der Waals surface area (Å²) in [6.07, 6.45) is 5.46. The van der Waals surface area contributed by atoms with Crippen molar-refractivity contribution < 1.29 is 4.79 Å². The van der Waals surface area contributed by atoms with Gasteiger partial charge < -0.3 is 0 Å². The van der Waals surface area contributed by atoms with E-state index in [-0.39, 0.29) is 11.7 Å². The average Bonchev–Trinajstić information content (AvgIpc) is 2.12. The van der Waals surface area contributed by atoms with E-state index in [2.05, 4.69) is 4.98 Å². The maximum Gasteiger partial charge on any atom is 0.166 e. The van der Waals surface area contributed by atoms with E-state index >= 15 is 0 Å². The van der Waals surface area contributed by atoms with Gasteiger partial charge in [-0.3, -0.25) is 9.78 Å². The highest BCUT2D eigenvalue weighted by Crippen LogP contribution is 2.23. The van der Waals surface area contributed by atoms with Gasteiger partial charge in [-0.1, -0.05) is 6.92 Å². The van der Waals surface area contributed by atoms with Crippen LogP contribution in [0.2, 0.25) is 0 Å². The maximum absolute atomic E-state index is 11.6. The minimum atomic E-state index is 0.194. The molecule has 1 aromatic rings. The van der Waals surface area contributed by atoms with E-state index in [1.54, 1.807) is 12.4 Å².